The third-order valence-corrected chi connectivity index (χ3v) is 4.80. The van der Waals surface area contributed by atoms with Crippen LogP contribution in [0.25, 0.3) is 16.7 Å². The molecule has 2 heterocycles. The smallest absolute Gasteiger partial charge is 0.295 e. The van der Waals surface area contributed by atoms with Gasteiger partial charge in [0, 0.05) is 26.0 Å². The molecule has 0 bridgehead atoms. The van der Waals surface area contributed by atoms with E-state index in [9.17, 15) is 14.0 Å². The molecular formula is C20H18FN5O2. The van der Waals surface area contributed by atoms with Crippen molar-refractivity contribution in [2.24, 2.45) is 19.1 Å². The Morgan fingerprint density at radius 1 is 1.00 bits per heavy atom. The Labute approximate surface area is 159 Å². The highest BCUT2D eigenvalue weighted by molar-refractivity contribution is 5.85. The largest absolute Gasteiger partial charge is 0.328 e. The fourth-order valence-corrected chi connectivity index (χ4v) is 3.20. The van der Waals surface area contributed by atoms with E-state index in [1.54, 1.807) is 42.3 Å². The van der Waals surface area contributed by atoms with E-state index in [1.165, 1.54) is 35.2 Å². The van der Waals surface area contributed by atoms with Crippen molar-refractivity contribution in [3.63, 3.8) is 0 Å². The maximum absolute atomic E-state index is 13.1. The van der Waals surface area contributed by atoms with Crippen molar-refractivity contribution in [1.82, 2.24) is 18.9 Å². The van der Waals surface area contributed by atoms with Gasteiger partial charge < -0.3 is 0 Å². The van der Waals surface area contributed by atoms with Gasteiger partial charge in [-0.2, -0.15) is 0 Å². The summed E-state index contributed by atoms with van der Waals surface area (Å²) < 4.78 is 17.6. The third-order valence-electron chi connectivity index (χ3n) is 4.80. The number of H-pyrrole nitrogens is 1. The number of fused-ring (bicyclic) bond motifs is 1. The number of imidazole rings is 1. The number of aromatic nitrogens is 4. The molecule has 142 valence electrons. The Kier molecular flexibility index (Phi) is 4.11. The van der Waals surface area contributed by atoms with E-state index in [0.717, 1.165) is 11.0 Å². The van der Waals surface area contributed by atoms with Crippen molar-refractivity contribution < 1.29 is 4.39 Å². The lowest BCUT2D eigenvalue weighted by Gasteiger charge is -2.00. The lowest BCUT2D eigenvalue weighted by molar-refractivity contribution is 0.627. The minimum Gasteiger partial charge on any atom is -0.295 e. The van der Waals surface area contributed by atoms with Crippen molar-refractivity contribution in [3.8, 4) is 5.69 Å². The molecule has 0 atom stereocenters. The zero-order chi connectivity index (χ0) is 20.0. The minimum absolute atomic E-state index is 0.111. The Hall–Kier alpha value is -3.68. The van der Waals surface area contributed by atoms with E-state index in [2.05, 4.69) is 10.1 Å². The Morgan fingerprint density at radius 3 is 2.39 bits per heavy atom. The standard InChI is InChI=1S/C20H18FN5O2/c1-12-16(19(27)26(23-12)15-7-4-13(21)5-8-15)11-22-14-6-9-17-18(10-14)25(3)20(28)24(17)2/h4-11,23H,1-3H3. The van der Waals surface area contributed by atoms with Gasteiger partial charge in [0.15, 0.2) is 0 Å². The minimum atomic E-state index is -0.368. The zero-order valence-electron chi connectivity index (χ0n) is 15.6. The van der Waals surface area contributed by atoms with Gasteiger partial charge in [-0.3, -0.25) is 24.0 Å². The molecule has 0 radical (unpaired) electrons. The molecule has 1 N–H and O–H groups in total. The number of aryl methyl sites for hydroxylation is 3. The Bertz CT molecular complexity index is 1340. The van der Waals surface area contributed by atoms with Gasteiger partial charge in [0.25, 0.3) is 5.56 Å². The number of aromatic amines is 1. The van der Waals surface area contributed by atoms with Gasteiger partial charge in [0.1, 0.15) is 5.82 Å². The Balaban J connectivity index is 1.73. The zero-order valence-corrected chi connectivity index (χ0v) is 15.6. The van der Waals surface area contributed by atoms with Crippen molar-refractivity contribution in [3.05, 3.63) is 80.4 Å². The quantitative estimate of drug-likeness (QED) is 0.556. The number of rotatable bonds is 3. The van der Waals surface area contributed by atoms with Gasteiger partial charge in [0.2, 0.25) is 0 Å². The van der Waals surface area contributed by atoms with E-state index in [1.807, 2.05) is 6.07 Å². The number of nitrogens with zero attached hydrogens (tertiary/aromatic N) is 4. The molecule has 2 aromatic heterocycles. The van der Waals surface area contributed by atoms with Gasteiger partial charge in [-0.15, -0.1) is 0 Å². The summed E-state index contributed by atoms with van der Waals surface area (Å²) in [5.74, 6) is -0.368. The van der Waals surface area contributed by atoms with Crippen LogP contribution >= 0.6 is 0 Å². The van der Waals surface area contributed by atoms with Gasteiger partial charge in [-0.1, -0.05) is 0 Å². The van der Waals surface area contributed by atoms with E-state index in [0.29, 0.717) is 22.6 Å². The second-order valence-corrected chi connectivity index (χ2v) is 6.60. The second-order valence-electron chi connectivity index (χ2n) is 6.60. The van der Waals surface area contributed by atoms with Crippen LogP contribution in [-0.4, -0.2) is 25.1 Å². The van der Waals surface area contributed by atoms with Gasteiger partial charge >= 0.3 is 5.69 Å². The molecule has 7 nitrogen and oxygen atoms in total. The molecule has 0 saturated carbocycles. The predicted octanol–water partition coefficient (Wildman–Crippen LogP) is 2.55. The maximum atomic E-state index is 13.1. The molecule has 0 saturated heterocycles. The van der Waals surface area contributed by atoms with Crippen LogP contribution in [0.1, 0.15) is 11.3 Å². The molecule has 4 rings (SSSR count). The number of nitrogens with one attached hydrogen (secondary N) is 1. The first-order chi connectivity index (χ1) is 13.4. The summed E-state index contributed by atoms with van der Waals surface area (Å²) in [5.41, 5.74) is 3.40. The highest BCUT2D eigenvalue weighted by Gasteiger charge is 2.11. The number of hydrogen-bond donors (Lipinski definition) is 1. The van der Waals surface area contributed by atoms with E-state index < -0.39 is 0 Å². The topological polar surface area (TPSA) is 77.1 Å². The molecular weight excluding hydrogens is 361 g/mol. The van der Waals surface area contributed by atoms with E-state index in [-0.39, 0.29) is 17.1 Å². The van der Waals surface area contributed by atoms with Crippen LogP contribution in [0.15, 0.2) is 57.0 Å². The molecule has 0 aliphatic heterocycles. The first-order valence-corrected chi connectivity index (χ1v) is 8.64. The van der Waals surface area contributed by atoms with Crippen LogP contribution in [-0.2, 0) is 14.1 Å². The van der Waals surface area contributed by atoms with Crippen LogP contribution in [0.5, 0.6) is 0 Å². The number of aliphatic imine (C=N–C) groups is 1. The maximum Gasteiger partial charge on any atom is 0.328 e. The van der Waals surface area contributed by atoms with Crippen LogP contribution in [0.2, 0.25) is 0 Å². The lowest BCUT2D eigenvalue weighted by Crippen LogP contribution is -2.19. The first kappa shape index (κ1) is 17.7. The summed E-state index contributed by atoms with van der Waals surface area (Å²) in [4.78, 5) is 29.2. The summed E-state index contributed by atoms with van der Waals surface area (Å²) in [5, 5.41) is 2.98. The van der Waals surface area contributed by atoms with E-state index in [4.69, 9.17) is 0 Å². The van der Waals surface area contributed by atoms with Crippen LogP contribution < -0.4 is 11.2 Å². The molecule has 0 unspecified atom stereocenters. The molecule has 0 spiro atoms. The van der Waals surface area contributed by atoms with Gasteiger partial charge in [-0.25, -0.2) is 13.9 Å². The first-order valence-electron chi connectivity index (χ1n) is 8.64. The van der Waals surface area contributed by atoms with Crippen molar-refractivity contribution >= 4 is 22.9 Å². The second kappa shape index (κ2) is 6.49. The van der Waals surface area contributed by atoms with Gasteiger partial charge in [-0.05, 0) is 49.4 Å². The van der Waals surface area contributed by atoms with Crippen molar-refractivity contribution in [1.29, 1.82) is 0 Å². The van der Waals surface area contributed by atoms with Crippen LogP contribution in [0.4, 0.5) is 10.1 Å². The Morgan fingerprint density at radius 2 is 1.68 bits per heavy atom. The summed E-state index contributed by atoms with van der Waals surface area (Å²) in [6.45, 7) is 1.77. The molecule has 0 aliphatic rings. The summed E-state index contributed by atoms with van der Waals surface area (Å²) >= 11 is 0. The van der Waals surface area contributed by atoms with Crippen LogP contribution in [0, 0.1) is 12.7 Å². The van der Waals surface area contributed by atoms with Gasteiger partial charge in [0.05, 0.1) is 28.0 Å². The van der Waals surface area contributed by atoms with E-state index >= 15 is 0 Å². The molecule has 2 aromatic carbocycles. The average molecular weight is 379 g/mol. The summed E-state index contributed by atoms with van der Waals surface area (Å²) in [6.07, 6.45) is 1.50. The van der Waals surface area contributed by atoms with Crippen LogP contribution in [0.3, 0.4) is 0 Å². The fourth-order valence-electron chi connectivity index (χ4n) is 3.20. The number of benzene rings is 2. The highest BCUT2D eigenvalue weighted by atomic mass is 19.1. The van der Waals surface area contributed by atoms with Crippen molar-refractivity contribution in [2.45, 2.75) is 6.92 Å². The molecule has 0 amide bonds. The molecule has 4 aromatic rings. The SMILES string of the molecule is Cc1[nH]n(-c2ccc(F)cc2)c(=O)c1C=Nc1ccc2c(c1)n(C)c(=O)n2C. The van der Waals surface area contributed by atoms with Crippen molar-refractivity contribution in [2.75, 3.05) is 0 Å². The normalized spacial score (nSPS) is 11.7. The number of hydrogen-bond acceptors (Lipinski definition) is 3. The summed E-state index contributed by atoms with van der Waals surface area (Å²) in [7, 11) is 3.42. The average Bonchev–Trinajstić information content (AvgIpc) is 3.09. The monoisotopic (exact) mass is 379 g/mol. The highest BCUT2D eigenvalue weighted by Crippen LogP contribution is 2.20. The summed E-state index contributed by atoms with van der Waals surface area (Å²) in [6, 6.07) is 11.1. The third kappa shape index (κ3) is 2.79. The molecule has 28 heavy (non-hydrogen) atoms. The number of halogens is 1. The molecule has 8 heteroatoms. The fraction of sp³-hybridized carbons (Fsp3) is 0.150. The lowest BCUT2D eigenvalue weighted by atomic mass is 10.2. The molecule has 0 fully saturated rings. The molecule has 0 aliphatic carbocycles. The predicted molar refractivity (Wildman–Crippen MR) is 106 cm³/mol.